The molecule has 1 amide bonds. The third-order valence-corrected chi connectivity index (χ3v) is 2.81. The maximum atomic E-state index is 11.8. The number of nitrogens with zero attached hydrogens (tertiary/aromatic N) is 1. The van der Waals surface area contributed by atoms with E-state index in [0.717, 1.165) is 18.7 Å². The standard InChI is InChI=1S/C11H18N4O2/c1-8(9-5-13-14-6-9)15-11(16)4-10-7-12-2-3-17-10/h5-6,8,10,12H,2-4,7H2,1H3,(H,13,14)(H,15,16). The molecule has 1 aliphatic heterocycles. The quantitative estimate of drug-likeness (QED) is 0.688. The smallest absolute Gasteiger partial charge is 0.223 e. The average molecular weight is 238 g/mol. The summed E-state index contributed by atoms with van der Waals surface area (Å²) in [6.07, 6.45) is 3.88. The van der Waals surface area contributed by atoms with Gasteiger partial charge in [-0.05, 0) is 6.92 Å². The van der Waals surface area contributed by atoms with Crippen molar-refractivity contribution in [1.82, 2.24) is 20.8 Å². The predicted octanol–water partition coefficient (Wildman–Crippen LogP) is -0.0346. The first kappa shape index (κ1) is 12.1. The van der Waals surface area contributed by atoms with Gasteiger partial charge < -0.3 is 15.4 Å². The topological polar surface area (TPSA) is 79.0 Å². The lowest BCUT2D eigenvalue weighted by molar-refractivity contribution is -0.125. The Hall–Kier alpha value is -1.40. The zero-order valence-corrected chi connectivity index (χ0v) is 9.90. The lowest BCUT2D eigenvalue weighted by Gasteiger charge is -2.23. The molecule has 3 N–H and O–H groups in total. The number of H-pyrrole nitrogens is 1. The van der Waals surface area contributed by atoms with Crippen LogP contribution < -0.4 is 10.6 Å². The normalized spacial score (nSPS) is 22.1. The summed E-state index contributed by atoms with van der Waals surface area (Å²) in [5.41, 5.74) is 0.973. The Morgan fingerprint density at radius 2 is 2.65 bits per heavy atom. The van der Waals surface area contributed by atoms with E-state index >= 15 is 0 Å². The molecule has 6 nitrogen and oxygen atoms in total. The Labute approximate surface area is 100 Å². The molecule has 2 atom stereocenters. The molecule has 0 bridgehead atoms. The van der Waals surface area contributed by atoms with E-state index in [-0.39, 0.29) is 18.1 Å². The number of morpholine rings is 1. The first-order valence-corrected chi connectivity index (χ1v) is 5.86. The van der Waals surface area contributed by atoms with Crippen LogP contribution in [0, 0.1) is 0 Å². The van der Waals surface area contributed by atoms with Crippen LogP contribution in [0.5, 0.6) is 0 Å². The number of nitrogens with one attached hydrogen (secondary N) is 3. The molecule has 0 aliphatic carbocycles. The molecule has 1 aliphatic rings. The van der Waals surface area contributed by atoms with Crippen LogP contribution in [-0.2, 0) is 9.53 Å². The van der Waals surface area contributed by atoms with E-state index in [0.29, 0.717) is 13.0 Å². The van der Waals surface area contributed by atoms with Gasteiger partial charge in [0, 0.05) is 24.8 Å². The fraction of sp³-hybridized carbons (Fsp3) is 0.636. The van der Waals surface area contributed by atoms with E-state index in [2.05, 4.69) is 20.8 Å². The van der Waals surface area contributed by atoms with Crippen molar-refractivity contribution in [3.05, 3.63) is 18.0 Å². The summed E-state index contributed by atoms with van der Waals surface area (Å²) in [6.45, 7) is 4.22. The van der Waals surface area contributed by atoms with Crippen LogP contribution in [-0.4, -0.2) is 41.9 Å². The minimum atomic E-state index is -0.0298. The average Bonchev–Trinajstić information content (AvgIpc) is 2.83. The third-order valence-electron chi connectivity index (χ3n) is 2.81. The van der Waals surface area contributed by atoms with E-state index in [1.54, 1.807) is 12.4 Å². The van der Waals surface area contributed by atoms with Gasteiger partial charge in [0.25, 0.3) is 0 Å². The van der Waals surface area contributed by atoms with Crippen molar-refractivity contribution in [1.29, 1.82) is 0 Å². The molecule has 2 heterocycles. The second-order valence-electron chi connectivity index (χ2n) is 4.22. The predicted molar refractivity (Wildman–Crippen MR) is 62.4 cm³/mol. The summed E-state index contributed by atoms with van der Waals surface area (Å²) < 4.78 is 5.48. The van der Waals surface area contributed by atoms with Crippen LogP contribution in [0.25, 0.3) is 0 Å². The highest BCUT2D eigenvalue weighted by Gasteiger charge is 2.18. The number of hydrogen-bond donors (Lipinski definition) is 3. The first-order chi connectivity index (χ1) is 8.25. The van der Waals surface area contributed by atoms with E-state index < -0.39 is 0 Å². The molecule has 6 heteroatoms. The largest absolute Gasteiger partial charge is 0.375 e. The first-order valence-electron chi connectivity index (χ1n) is 5.86. The second-order valence-corrected chi connectivity index (χ2v) is 4.22. The molecule has 0 aromatic carbocycles. The van der Waals surface area contributed by atoms with Gasteiger partial charge in [0.15, 0.2) is 0 Å². The molecule has 1 fully saturated rings. The molecule has 1 aromatic rings. The van der Waals surface area contributed by atoms with Gasteiger partial charge >= 0.3 is 0 Å². The highest BCUT2D eigenvalue weighted by atomic mass is 16.5. The Morgan fingerprint density at radius 3 is 3.29 bits per heavy atom. The molecule has 1 aromatic heterocycles. The minimum absolute atomic E-state index is 0.00685. The molecular weight excluding hydrogens is 220 g/mol. The Morgan fingerprint density at radius 1 is 1.76 bits per heavy atom. The van der Waals surface area contributed by atoms with Gasteiger partial charge in [-0.15, -0.1) is 0 Å². The van der Waals surface area contributed by atoms with Crippen LogP contribution in [0.3, 0.4) is 0 Å². The highest BCUT2D eigenvalue weighted by Crippen LogP contribution is 2.10. The van der Waals surface area contributed by atoms with Gasteiger partial charge in [0.2, 0.25) is 5.91 Å². The minimum Gasteiger partial charge on any atom is -0.375 e. The van der Waals surface area contributed by atoms with E-state index in [1.807, 2.05) is 6.92 Å². The van der Waals surface area contributed by atoms with Crippen molar-refractivity contribution in [2.75, 3.05) is 19.7 Å². The fourth-order valence-electron chi connectivity index (χ4n) is 1.84. The van der Waals surface area contributed by atoms with Crippen LogP contribution >= 0.6 is 0 Å². The molecule has 2 unspecified atom stereocenters. The Bertz CT molecular complexity index is 346. The van der Waals surface area contributed by atoms with E-state index in [9.17, 15) is 4.79 Å². The number of rotatable bonds is 4. The second kappa shape index (κ2) is 5.79. The Balaban J connectivity index is 1.76. The van der Waals surface area contributed by atoms with E-state index in [4.69, 9.17) is 4.74 Å². The van der Waals surface area contributed by atoms with Crippen LogP contribution in [0.1, 0.15) is 24.9 Å². The maximum Gasteiger partial charge on any atom is 0.223 e. The van der Waals surface area contributed by atoms with Crippen molar-refractivity contribution >= 4 is 5.91 Å². The summed E-state index contributed by atoms with van der Waals surface area (Å²) in [7, 11) is 0. The summed E-state index contributed by atoms with van der Waals surface area (Å²) in [5, 5.41) is 12.7. The van der Waals surface area contributed by atoms with Gasteiger partial charge in [0.1, 0.15) is 0 Å². The van der Waals surface area contributed by atoms with Crippen molar-refractivity contribution in [3.63, 3.8) is 0 Å². The van der Waals surface area contributed by atoms with Gasteiger partial charge in [-0.3, -0.25) is 9.89 Å². The lowest BCUT2D eigenvalue weighted by atomic mass is 10.1. The molecular formula is C11H18N4O2. The van der Waals surface area contributed by atoms with Gasteiger partial charge in [0.05, 0.1) is 31.4 Å². The molecule has 0 spiro atoms. The maximum absolute atomic E-state index is 11.8. The summed E-state index contributed by atoms with van der Waals surface area (Å²) in [4.78, 5) is 11.8. The van der Waals surface area contributed by atoms with Gasteiger partial charge in [-0.2, -0.15) is 5.10 Å². The van der Waals surface area contributed by atoms with Gasteiger partial charge in [-0.1, -0.05) is 0 Å². The molecule has 1 saturated heterocycles. The highest BCUT2D eigenvalue weighted by molar-refractivity contribution is 5.76. The number of carbonyl (C=O) groups excluding carboxylic acids is 1. The molecule has 94 valence electrons. The van der Waals surface area contributed by atoms with Crippen LogP contribution in [0.2, 0.25) is 0 Å². The zero-order valence-electron chi connectivity index (χ0n) is 9.90. The number of carbonyl (C=O) groups is 1. The molecule has 17 heavy (non-hydrogen) atoms. The summed E-state index contributed by atoms with van der Waals surface area (Å²) >= 11 is 0. The monoisotopic (exact) mass is 238 g/mol. The van der Waals surface area contributed by atoms with Crippen LogP contribution in [0.15, 0.2) is 12.4 Å². The summed E-state index contributed by atoms with van der Waals surface area (Å²) in [5.74, 6) is 0.00685. The number of ether oxygens (including phenoxy) is 1. The number of amides is 1. The van der Waals surface area contributed by atoms with Crippen molar-refractivity contribution < 1.29 is 9.53 Å². The number of aromatic nitrogens is 2. The fourth-order valence-corrected chi connectivity index (χ4v) is 1.84. The third kappa shape index (κ3) is 3.54. The lowest BCUT2D eigenvalue weighted by Crippen LogP contribution is -2.41. The van der Waals surface area contributed by atoms with Crippen molar-refractivity contribution in [2.45, 2.75) is 25.5 Å². The van der Waals surface area contributed by atoms with Crippen molar-refractivity contribution in [3.8, 4) is 0 Å². The van der Waals surface area contributed by atoms with Gasteiger partial charge in [-0.25, -0.2) is 0 Å². The molecule has 0 radical (unpaired) electrons. The number of hydrogen-bond acceptors (Lipinski definition) is 4. The molecule has 0 saturated carbocycles. The van der Waals surface area contributed by atoms with Crippen molar-refractivity contribution in [2.24, 2.45) is 0 Å². The molecule has 2 rings (SSSR count). The number of aromatic amines is 1. The SMILES string of the molecule is CC(NC(=O)CC1CNCCO1)c1cn[nH]c1. The summed E-state index contributed by atoms with van der Waals surface area (Å²) in [6, 6.07) is -0.0298. The van der Waals surface area contributed by atoms with Crippen LogP contribution in [0.4, 0.5) is 0 Å². The van der Waals surface area contributed by atoms with E-state index in [1.165, 1.54) is 0 Å². The Kier molecular flexibility index (Phi) is 4.11. The zero-order chi connectivity index (χ0) is 12.1.